The highest BCUT2D eigenvalue weighted by molar-refractivity contribution is 5.85. The monoisotopic (exact) mass is 123 g/mol. The van der Waals surface area contributed by atoms with Crippen LogP contribution in [0.5, 0.6) is 0 Å². The van der Waals surface area contributed by atoms with Crippen LogP contribution in [0.3, 0.4) is 0 Å². The summed E-state index contributed by atoms with van der Waals surface area (Å²) >= 11 is 0. The minimum atomic E-state index is 0. The SMILES string of the molecule is CCC(C)=NO.Cl. The molecule has 44 valence electrons. The van der Waals surface area contributed by atoms with Crippen molar-refractivity contribution in [3.05, 3.63) is 0 Å². The molecule has 0 aromatic carbocycles. The van der Waals surface area contributed by atoms with E-state index in [0.717, 1.165) is 12.1 Å². The fraction of sp³-hybridized carbons (Fsp3) is 0.750. The lowest BCUT2D eigenvalue weighted by Crippen LogP contribution is -1.83. The van der Waals surface area contributed by atoms with Gasteiger partial charge in [-0.3, -0.25) is 0 Å². The summed E-state index contributed by atoms with van der Waals surface area (Å²) in [5.74, 6) is 0. The number of hydrogen-bond acceptors (Lipinski definition) is 2. The molecule has 0 aliphatic heterocycles. The number of hydrogen-bond donors (Lipinski definition) is 1. The van der Waals surface area contributed by atoms with Crippen LogP contribution in [-0.4, -0.2) is 10.9 Å². The number of nitrogens with zero attached hydrogens (tertiary/aromatic N) is 1. The Bertz CT molecular complexity index is 62.7. The van der Waals surface area contributed by atoms with Crippen LogP contribution in [0.4, 0.5) is 0 Å². The molecule has 0 aromatic rings. The molecule has 0 heterocycles. The summed E-state index contributed by atoms with van der Waals surface area (Å²) in [6.07, 6.45) is 0.830. The zero-order chi connectivity index (χ0) is 4.99. The Morgan fingerprint density at radius 3 is 2.14 bits per heavy atom. The number of halogens is 1. The third-order valence-corrected chi connectivity index (χ3v) is 0.682. The third kappa shape index (κ3) is 5.76. The van der Waals surface area contributed by atoms with Crippen molar-refractivity contribution in [3.63, 3.8) is 0 Å². The molecule has 0 aliphatic rings. The zero-order valence-corrected chi connectivity index (χ0v) is 5.33. The Balaban J connectivity index is 0. The first kappa shape index (κ1) is 9.90. The van der Waals surface area contributed by atoms with E-state index in [4.69, 9.17) is 5.21 Å². The van der Waals surface area contributed by atoms with Gasteiger partial charge in [0.25, 0.3) is 0 Å². The standard InChI is InChI=1S/C4H9NO.ClH/c1-3-4(2)5-6;/h6H,3H2,1-2H3;1H. The molecule has 0 unspecified atom stereocenters. The van der Waals surface area contributed by atoms with Crippen LogP contribution in [0.15, 0.2) is 5.16 Å². The van der Waals surface area contributed by atoms with Gasteiger partial charge in [0, 0.05) is 0 Å². The van der Waals surface area contributed by atoms with Gasteiger partial charge in [0.05, 0.1) is 5.71 Å². The molecule has 0 aliphatic carbocycles. The minimum absolute atomic E-state index is 0. The third-order valence-electron chi connectivity index (χ3n) is 0.682. The van der Waals surface area contributed by atoms with Crippen LogP contribution in [-0.2, 0) is 0 Å². The topological polar surface area (TPSA) is 32.6 Å². The van der Waals surface area contributed by atoms with Gasteiger partial charge in [-0.05, 0) is 13.3 Å². The normalized spacial score (nSPS) is 10.3. The van der Waals surface area contributed by atoms with Crippen LogP contribution < -0.4 is 0 Å². The number of rotatable bonds is 1. The highest BCUT2D eigenvalue weighted by Gasteiger charge is 1.77. The van der Waals surface area contributed by atoms with Gasteiger partial charge in [0.1, 0.15) is 0 Å². The maximum atomic E-state index is 7.92. The smallest absolute Gasteiger partial charge is 0.0537 e. The van der Waals surface area contributed by atoms with Gasteiger partial charge >= 0.3 is 0 Å². The molecule has 7 heavy (non-hydrogen) atoms. The van der Waals surface area contributed by atoms with Gasteiger partial charge in [-0.25, -0.2) is 0 Å². The predicted octanol–water partition coefficient (Wildman–Crippen LogP) is 1.67. The molecule has 0 spiro atoms. The van der Waals surface area contributed by atoms with Gasteiger partial charge in [-0.1, -0.05) is 12.1 Å². The second kappa shape index (κ2) is 5.76. The molecule has 3 heteroatoms. The lowest BCUT2D eigenvalue weighted by molar-refractivity contribution is 0.317. The summed E-state index contributed by atoms with van der Waals surface area (Å²) in [6, 6.07) is 0. The quantitative estimate of drug-likeness (QED) is 0.321. The van der Waals surface area contributed by atoms with E-state index < -0.39 is 0 Å². The van der Waals surface area contributed by atoms with Crippen molar-refractivity contribution in [2.75, 3.05) is 0 Å². The van der Waals surface area contributed by atoms with Gasteiger partial charge in [-0.15, -0.1) is 12.4 Å². The van der Waals surface area contributed by atoms with Crippen LogP contribution in [0.1, 0.15) is 20.3 Å². The molecule has 2 nitrogen and oxygen atoms in total. The van der Waals surface area contributed by atoms with E-state index in [1.54, 1.807) is 6.92 Å². The van der Waals surface area contributed by atoms with Crippen LogP contribution in [0, 0.1) is 0 Å². The summed E-state index contributed by atoms with van der Waals surface area (Å²) in [4.78, 5) is 0. The average Bonchev–Trinajstić information content (AvgIpc) is 1.65. The van der Waals surface area contributed by atoms with E-state index in [1.165, 1.54) is 0 Å². The van der Waals surface area contributed by atoms with E-state index >= 15 is 0 Å². The first-order valence-corrected chi connectivity index (χ1v) is 1.98. The van der Waals surface area contributed by atoms with Gasteiger partial charge in [-0.2, -0.15) is 0 Å². The van der Waals surface area contributed by atoms with Crippen LogP contribution in [0.2, 0.25) is 0 Å². The van der Waals surface area contributed by atoms with Gasteiger partial charge in [0.2, 0.25) is 0 Å². The molecule has 0 bridgehead atoms. The van der Waals surface area contributed by atoms with Gasteiger partial charge < -0.3 is 5.21 Å². The molecule has 0 aromatic heterocycles. The summed E-state index contributed by atoms with van der Waals surface area (Å²) in [6.45, 7) is 3.72. The molecule has 0 amide bonds. The van der Waals surface area contributed by atoms with E-state index in [0.29, 0.717) is 0 Å². The Kier molecular flexibility index (Phi) is 8.15. The number of oxime groups is 1. The van der Waals surface area contributed by atoms with E-state index in [2.05, 4.69) is 5.16 Å². The predicted molar refractivity (Wildman–Crippen MR) is 32.4 cm³/mol. The Hall–Kier alpha value is -0.240. The van der Waals surface area contributed by atoms with Crippen molar-refractivity contribution >= 4 is 18.1 Å². The summed E-state index contributed by atoms with van der Waals surface area (Å²) < 4.78 is 0. The highest BCUT2D eigenvalue weighted by atomic mass is 35.5. The maximum Gasteiger partial charge on any atom is 0.0537 e. The second-order valence-corrected chi connectivity index (χ2v) is 1.19. The molecule has 0 saturated carbocycles. The highest BCUT2D eigenvalue weighted by Crippen LogP contribution is 1.78. The maximum absolute atomic E-state index is 7.92. The Morgan fingerprint density at radius 2 is 2.14 bits per heavy atom. The Labute approximate surface area is 49.6 Å². The molecule has 1 N–H and O–H groups in total. The summed E-state index contributed by atoms with van der Waals surface area (Å²) in [5.41, 5.74) is 0.773. The molecular formula is C4H10ClNO. The minimum Gasteiger partial charge on any atom is -0.411 e. The molecular weight excluding hydrogens is 114 g/mol. The fourth-order valence-corrected chi connectivity index (χ4v) is 0.0707. The van der Waals surface area contributed by atoms with Crippen molar-refractivity contribution in [2.45, 2.75) is 20.3 Å². The van der Waals surface area contributed by atoms with Crippen molar-refractivity contribution in [1.29, 1.82) is 0 Å². The molecule has 0 atom stereocenters. The largest absolute Gasteiger partial charge is 0.411 e. The first-order chi connectivity index (χ1) is 2.81. The molecule has 0 radical (unpaired) electrons. The summed E-state index contributed by atoms with van der Waals surface area (Å²) in [7, 11) is 0. The molecule has 0 fully saturated rings. The summed E-state index contributed by atoms with van der Waals surface area (Å²) in [5, 5.41) is 10.8. The van der Waals surface area contributed by atoms with E-state index in [-0.39, 0.29) is 12.4 Å². The molecule has 0 saturated heterocycles. The van der Waals surface area contributed by atoms with E-state index in [1.807, 2.05) is 6.92 Å². The second-order valence-electron chi connectivity index (χ2n) is 1.19. The van der Waals surface area contributed by atoms with E-state index in [9.17, 15) is 0 Å². The van der Waals surface area contributed by atoms with Crippen molar-refractivity contribution in [1.82, 2.24) is 0 Å². The first-order valence-electron chi connectivity index (χ1n) is 1.98. The Morgan fingerprint density at radius 1 is 1.71 bits per heavy atom. The van der Waals surface area contributed by atoms with Crippen molar-refractivity contribution in [2.24, 2.45) is 5.16 Å². The lowest BCUT2D eigenvalue weighted by atomic mass is 10.3. The lowest BCUT2D eigenvalue weighted by Gasteiger charge is -1.81. The zero-order valence-electron chi connectivity index (χ0n) is 4.51. The van der Waals surface area contributed by atoms with Crippen LogP contribution >= 0.6 is 12.4 Å². The average molecular weight is 124 g/mol. The van der Waals surface area contributed by atoms with Gasteiger partial charge in [0.15, 0.2) is 0 Å². The molecule has 0 rings (SSSR count). The van der Waals surface area contributed by atoms with Crippen LogP contribution in [0.25, 0.3) is 0 Å². The van der Waals surface area contributed by atoms with Crippen molar-refractivity contribution in [3.8, 4) is 0 Å². The van der Waals surface area contributed by atoms with Crippen molar-refractivity contribution < 1.29 is 5.21 Å². The fourth-order valence-electron chi connectivity index (χ4n) is 0.0707.